The molecular weight excluding hydrogens is 384 g/mol. The molecule has 1 aliphatic rings. The predicted octanol–water partition coefficient (Wildman–Crippen LogP) is 6.07. The van der Waals surface area contributed by atoms with Gasteiger partial charge in [0.25, 0.3) is 0 Å². The lowest BCUT2D eigenvalue weighted by Gasteiger charge is -2.34. The van der Waals surface area contributed by atoms with Crippen LogP contribution in [0, 0.1) is 0 Å². The molecule has 2 N–H and O–H groups in total. The van der Waals surface area contributed by atoms with Crippen molar-refractivity contribution in [2.24, 2.45) is 0 Å². The highest BCUT2D eigenvalue weighted by Crippen LogP contribution is 2.32. The van der Waals surface area contributed by atoms with Crippen molar-refractivity contribution in [1.29, 1.82) is 0 Å². The van der Waals surface area contributed by atoms with E-state index in [1.54, 1.807) is 11.8 Å². The average molecular weight is 409 g/mol. The molecular formula is C24H25ClN2S. The molecule has 1 heterocycles. The van der Waals surface area contributed by atoms with Gasteiger partial charge in [-0.2, -0.15) is 0 Å². The van der Waals surface area contributed by atoms with E-state index in [9.17, 15) is 0 Å². The van der Waals surface area contributed by atoms with E-state index in [1.165, 1.54) is 33.8 Å². The van der Waals surface area contributed by atoms with Gasteiger partial charge in [0.05, 0.1) is 0 Å². The third-order valence-electron chi connectivity index (χ3n) is 5.19. The summed E-state index contributed by atoms with van der Waals surface area (Å²) in [5.74, 6) is 0. The molecule has 2 nitrogen and oxygen atoms in total. The summed E-state index contributed by atoms with van der Waals surface area (Å²) in [6.07, 6.45) is 2.40. The fourth-order valence-electron chi connectivity index (χ4n) is 3.74. The molecule has 3 aromatic rings. The van der Waals surface area contributed by atoms with E-state index in [1.807, 2.05) is 12.1 Å². The van der Waals surface area contributed by atoms with Crippen LogP contribution < -0.4 is 10.6 Å². The minimum Gasteiger partial charge on any atom is -0.309 e. The SMILES string of the molecule is Clc1ccc(Sc2ccccc2CN[C@@H]2CCCN[C@@H]2c2ccccc2)cc1. The zero-order valence-electron chi connectivity index (χ0n) is 15.8. The third kappa shape index (κ3) is 4.98. The lowest BCUT2D eigenvalue weighted by Crippen LogP contribution is -2.45. The molecule has 1 fully saturated rings. The molecule has 0 aliphatic carbocycles. The average Bonchev–Trinajstić information content (AvgIpc) is 2.75. The van der Waals surface area contributed by atoms with Crippen LogP contribution in [0.15, 0.2) is 88.7 Å². The highest BCUT2D eigenvalue weighted by atomic mass is 35.5. The second-order valence-electron chi connectivity index (χ2n) is 7.14. The lowest BCUT2D eigenvalue weighted by atomic mass is 9.92. The van der Waals surface area contributed by atoms with E-state index in [0.29, 0.717) is 12.1 Å². The Bertz CT molecular complexity index is 883. The van der Waals surface area contributed by atoms with Crippen LogP contribution in [0.1, 0.15) is 30.0 Å². The first-order valence-electron chi connectivity index (χ1n) is 9.82. The molecule has 3 aromatic carbocycles. The standard InChI is InChI=1S/C24H25ClN2S/c25-20-12-14-21(15-13-20)28-23-11-5-4-9-19(23)17-27-22-10-6-16-26-24(22)18-7-2-1-3-8-18/h1-5,7-9,11-15,22,24,26-27H,6,10,16-17H2/t22-,24-/m1/s1. The number of nitrogens with one attached hydrogen (secondary N) is 2. The van der Waals surface area contributed by atoms with Gasteiger partial charge in [-0.25, -0.2) is 0 Å². The Morgan fingerprint density at radius 2 is 1.68 bits per heavy atom. The Morgan fingerprint density at radius 3 is 2.50 bits per heavy atom. The molecule has 0 spiro atoms. The summed E-state index contributed by atoms with van der Waals surface area (Å²) in [5, 5.41) is 8.30. The van der Waals surface area contributed by atoms with Gasteiger partial charge < -0.3 is 10.6 Å². The van der Waals surface area contributed by atoms with Crippen LogP contribution in [-0.4, -0.2) is 12.6 Å². The summed E-state index contributed by atoms with van der Waals surface area (Å²) in [7, 11) is 0. The summed E-state index contributed by atoms with van der Waals surface area (Å²) < 4.78 is 0. The molecule has 1 aliphatic heterocycles. The summed E-state index contributed by atoms with van der Waals surface area (Å²) in [6.45, 7) is 1.95. The zero-order chi connectivity index (χ0) is 19.2. The van der Waals surface area contributed by atoms with Gasteiger partial charge in [0.15, 0.2) is 0 Å². The molecule has 0 unspecified atom stereocenters. The first-order valence-corrected chi connectivity index (χ1v) is 11.0. The Morgan fingerprint density at radius 1 is 0.929 bits per heavy atom. The summed E-state index contributed by atoms with van der Waals surface area (Å²) in [4.78, 5) is 2.50. The Kier molecular flexibility index (Phi) is 6.71. The Hall–Kier alpha value is -1.78. The van der Waals surface area contributed by atoms with Crippen LogP contribution >= 0.6 is 23.4 Å². The van der Waals surface area contributed by atoms with Crippen molar-refractivity contribution in [3.05, 3.63) is 95.0 Å². The fraction of sp³-hybridized carbons (Fsp3) is 0.250. The van der Waals surface area contributed by atoms with Gasteiger partial charge in [-0.3, -0.25) is 0 Å². The van der Waals surface area contributed by atoms with Gasteiger partial charge in [0.2, 0.25) is 0 Å². The van der Waals surface area contributed by atoms with Crippen molar-refractivity contribution in [3.63, 3.8) is 0 Å². The number of benzene rings is 3. The highest BCUT2D eigenvalue weighted by molar-refractivity contribution is 7.99. The zero-order valence-corrected chi connectivity index (χ0v) is 17.3. The van der Waals surface area contributed by atoms with Crippen molar-refractivity contribution in [2.45, 2.75) is 41.3 Å². The molecule has 0 radical (unpaired) electrons. The maximum absolute atomic E-state index is 6.02. The smallest absolute Gasteiger partial charge is 0.0476 e. The maximum atomic E-state index is 6.02. The first-order chi connectivity index (χ1) is 13.8. The maximum Gasteiger partial charge on any atom is 0.0476 e. The minimum absolute atomic E-state index is 0.367. The van der Waals surface area contributed by atoms with E-state index < -0.39 is 0 Å². The fourth-order valence-corrected chi connectivity index (χ4v) is 4.81. The Balaban J connectivity index is 1.46. The van der Waals surface area contributed by atoms with Crippen molar-refractivity contribution in [2.75, 3.05) is 6.54 Å². The predicted molar refractivity (Wildman–Crippen MR) is 119 cm³/mol. The van der Waals surface area contributed by atoms with Crippen molar-refractivity contribution < 1.29 is 0 Å². The molecule has 4 rings (SSSR count). The molecule has 4 heteroatoms. The molecule has 0 saturated carbocycles. The van der Waals surface area contributed by atoms with Crippen molar-refractivity contribution in [1.82, 2.24) is 10.6 Å². The van der Waals surface area contributed by atoms with Crippen LogP contribution in [0.3, 0.4) is 0 Å². The molecule has 0 amide bonds. The number of hydrogen-bond donors (Lipinski definition) is 2. The van der Waals surface area contributed by atoms with Crippen LogP contribution in [0.4, 0.5) is 0 Å². The van der Waals surface area contributed by atoms with Crippen molar-refractivity contribution >= 4 is 23.4 Å². The van der Waals surface area contributed by atoms with E-state index in [2.05, 4.69) is 77.4 Å². The number of hydrogen-bond acceptors (Lipinski definition) is 3. The quantitative estimate of drug-likeness (QED) is 0.517. The normalized spacial score (nSPS) is 19.5. The molecule has 28 heavy (non-hydrogen) atoms. The van der Waals surface area contributed by atoms with Gasteiger partial charge in [-0.1, -0.05) is 71.9 Å². The number of halogens is 1. The van der Waals surface area contributed by atoms with Gasteiger partial charge in [-0.05, 0) is 60.8 Å². The second kappa shape index (κ2) is 9.62. The van der Waals surface area contributed by atoms with Gasteiger partial charge in [-0.15, -0.1) is 0 Å². The van der Waals surface area contributed by atoms with E-state index in [0.717, 1.165) is 18.1 Å². The largest absolute Gasteiger partial charge is 0.309 e. The van der Waals surface area contributed by atoms with Crippen LogP contribution in [0.5, 0.6) is 0 Å². The first kappa shape index (κ1) is 19.5. The van der Waals surface area contributed by atoms with E-state index in [4.69, 9.17) is 11.6 Å². The molecule has 2 atom stereocenters. The van der Waals surface area contributed by atoms with Crippen molar-refractivity contribution in [3.8, 4) is 0 Å². The summed E-state index contributed by atoms with van der Waals surface area (Å²) in [5.41, 5.74) is 2.70. The number of rotatable bonds is 6. The van der Waals surface area contributed by atoms with Gasteiger partial charge >= 0.3 is 0 Å². The topological polar surface area (TPSA) is 24.1 Å². The van der Waals surface area contributed by atoms with Crippen LogP contribution in [0.25, 0.3) is 0 Å². The van der Waals surface area contributed by atoms with Crippen LogP contribution in [-0.2, 0) is 6.54 Å². The van der Waals surface area contributed by atoms with E-state index in [-0.39, 0.29) is 0 Å². The van der Waals surface area contributed by atoms with E-state index >= 15 is 0 Å². The molecule has 0 aromatic heterocycles. The molecule has 0 bridgehead atoms. The summed E-state index contributed by atoms with van der Waals surface area (Å²) >= 11 is 7.81. The van der Waals surface area contributed by atoms with Crippen LogP contribution in [0.2, 0.25) is 5.02 Å². The highest BCUT2D eigenvalue weighted by Gasteiger charge is 2.25. The summed E-state index contributed by atoms with van der Waals surface area (Å²) in [6, 6.07) is 28.3. The second-order valence-corrected chi connectivity index (χ2v) is 8.69. The monoisotopic (exact) mass is 408 g/mol. The van der Waals surface area contributed by atoms with Gasteiger partial charge in [0.1, 0.15) is 0 Å². The Labute approximate surface area is 176 Å². The molecule has 1 saturated heterocycles. The van der Waals surface area contributed by atoms with Gasteiger partial charge in [0, 0.05) is 33.4 Å². The number of piperidine rings is 1. The lowest BCUT2D eigenvalue weighted by molar-refractivity contribution is 0.304. The minimum atomic E-state index is 0.367. The third-order valence-corrected chi connectivity index (χ3v) is 6.56. The molecule has 144 valence electrons.